The maximum Gasteiger partial charge on any atom is 0.225 e. The van der Waals surface area contributed by atoms with Crippen LogP contribution in [0.1, 0.15) is 12.0 Å². The van der Waals surface area contributed by atoms with Crippen LogP contribution in [0.5, 0.6) is 5.88 Å². The summed E-state index contributed by atoms with van der Waals surface area (Å²) >= 11 is 0. The summed E-state index contributed by atoms with van der Waals surface area (Å²) in [6, 6.07) is 3.69. The lowest BCUT2D eigenvalue weighted by Crippen LogP contribution is -2.26. The van der Waals surface area contributed by atoms with Gasteiger partial charge in [0, 0.05) is 24.8 Å². The summed E-state index contributed by atoms with van der Waals surface area (Å²) in [5.74, 6) is 0.605. The molecule has 0 bridgehead atoms. The van der Waals surface area contributed by atoms with Crippen LogP contribution >= 0.6 is 0 Å². The number of methoxy groups -OCH3 is 1. The third kappa shape index (κ3) is 2.49. The predicted molar refractivity (Wildman–Crippen MR) is 58.7 cm³/mol. The molecular formula is C11H15N3O2. The lowest BCUT2D eigenvalue weighted by molar-refractivity contribution is -0.122. The van der Waals surface area contributed by atoms with Gasteiger partial charge in [-0.2, -0.15) is 0 Å². The average Bonchev–Trinajstić information content (AvgIpc) is 3.04. The number of aromatic nitrogens is 1. The molecule has 0 radical (unpaired) electrons. The van der Waals surface area contributed by atoms with Crippen molar-refractivity contribution in [3.05, 3.63) is 23.9 Å². The first kappa shape index (κ1) is 10.9. The van der Waals surface area contributed by atoms with Crippen molar-refractivity contribution >= 4 is 5.91 Å². The highest BCUT2D eigenvalue weighted by atomic mass is 16.5. The van der Waals surface area contributed by atoms with E-state index in [0.29, 0.717) is 12.4 Å². The van der Waals surface area contributed by atoms with Gasteiger partial charge in [-0.3, -0.25) is 4.79 Å². The molecule has 5 nitrogen and oxygen atoms in total. The first-order valence-electron chi connectivity index (χ1n) is 5.23. The highest BCUT2D eigenvalue weighted by Crippen LogP contribution is 2.27. The molecule has 0 aliphatic heterocycles. The fraction of sp³-hybridized carbons (Fsp3) is 0.455. The molecule has 1 aliphatic rings. The Kier molecular flexibility index (Phi) is 3.05. The number of hydrogen-bond acceptors (Lipinski definition) is 4. The highest BCUT2D eigenvalue weighted by molar-refractivity contribution is 5.82. The van der Waals surface area contributed by atoms with Crippen LogP contribution in [0.4, 0.5) is 0 Å². The Hall–Kier alpha value is -1.62. The quantitative estimate of drug-likeness (QED) is 0.753. The Morgan fingerprint density at radius 3 is 2.94 bits per heavy atom. The van der Waals surface area contributed by atoms with E-state index in [4.69, 9.17) is 10.5 Å². The van der Waals surface area contributed by atoms with Crippen LogP contribution in [0.15, 0.2) is 18.3 Å². The van der Waals surface area contributed by atoms with Gasteiger partial charge < -0.3 is 15.8 Å². The normalized spacial score (nSPS) is 22.6. The lowest BCUT2D eigenvalue weighted by atomic mass is 10.2. The van der Waals surface area contributed by atoms with Crippen LogP contribution < -0.4 is 15.8 Å². The molecule has 2 unspecified atom stereocenters. The molecule has 1 heterocycles. The van der Waals surface area contributed by atoms with Crippen LogP contribution in [-0.4, -0.2) is 24.0 Å². The number of nitrogens with one attached hydrogen (secondary N) is 1. The van der Waals surface area contributed by atoms with Crippen molar-refractivity contribution in [1.29, 1.82) is 0 Å². The number of rotatable bonds is 4. The first-order valence-corrected chi connectivity index (χ1v) is 5.23. The second-order valence-corrected chi connectivity index (χ2v) is 3.93. The largest absolute Gasteiger partial charge is 0.481 e. The number of carbonyl (C=O) groups is 1. The smallest absolute Gasteiger partial charge is 0.225 e. The van der Waals surface area contributed by atoms with Gasteiger partial charge >= 0.3 is 0 Å². The van der Waals surface area contributed by atoms with Gasteiger partial charge in [0.15, 0.2) is 0 Å². The molecular weight excluding hydrogens is 206 g/mol. The van der Waals surface area contributed by atoms with Gasteiger partial charge in [0.2, 0.25) is 11.8 Å². The van der Waals surface area contributed by atoms with Gasteiger partial charge in [-0.25, -0.2) is 4.98 Å². The maximum atomic E-state index is 11.5. The molecule has 2 atom stereocenters. The van der Waals surface area contributed by atoms with Gasteiger partial charge in [0.1, 0.15) is 0 Å². The van der Waals surface area contributed by atoms with Crippen LogP contribution in [0.3, 0.4) is 0 Å². The number of carbonyl (C=O) groups excluding carboxylic acids is 1. The summed E-state index contributed by atoms with van der Waals surface area (Å²) in [6.45, 7) is 0.485. The Labute approximate surface area is 94.0 Å². The molecule has 1 amide bonds. The zero-order valence-corrected chi connectivity index (χ0v) is 9.14. The second-order valence-electron chi connectivity index (χ2n) is 3.93. The molecule has 0 saturated heterocycles. The molecule has 2 rings (SSSR count). The van der Waals surface area contributed by atoms with Gasteiger partial charge in [0.25, 0.3) is 0 Å². The number of pyridine rings is 1. The van der Waals surface area contributed by atoms with Crippen LogP contribution in [-0.2, 0) is 11.3 Å². The van der Waals surface area contributed by atoms with Crippen LogP contribution in [0.25, 0.3) is 0 Å². The minimum Gasteiger partial charge on any atom is -0.481 e. The maximum absolute atomic E-state index is 11.5. The number of hydrogen-bond donors (Lipinski definition) is 2. The summed E-state index contributed by atoms with van der Waals surface area (Å²) in [5.41, 5.74) is 6.53. The summed E-state index contributed by atoms with van der Waals surface area (Å²) < 4.78 is 4.94. The third-order valence-electron chi connectivity index (χ3n) is 2.65. The number of nitrogens with two attached hydrogens (primary N) is 1. The van der Waals surface area contributed by atoms with E-state index in [9.17, 15) is 4.79 Å². The van der Waals surface area contributed by atoms with Gasteiger partial charge in [0.05, 0.1) is 13.0 Å². The highest BCUT2D eigenvalue weighted by Gasteiger charge is 2.39. The molecule has 3 N–H and O–H groups in total. The SMILES string of the molecule is COc1ccc(CNC(=O)C2CC2N)cn1. The van der Waals surface area contributed by atoms with Gasteiger partial charge in [-0.05, 0) is 12.0 Å². The summed E-state index contributed by atoms with van der Waals surface area (Å²) in [6.07, 6.45) is 2.48. The van der Waals surface area contributed by atoms with Crippen molar-refractivity contribution in [2.45, 2.75) is 19.0 Å². The fourth-order valence-electron chi connectivity index (χ4n) is 1.47. The number of amides is 1. The molecule has 1 aliphatic carbocycles. The molecule has 86 valence electrons. The molecule has 5 heteroatoms. The Balaban J connectivity index is 1.82. The third-order valence-corrected chi connectivity index (χ3v) is 2.65. The van der Waals surface area contributed by atoms with E-state index < -0.39 is 0 Å². The van der Waals surface area contributed by atoms with Crippen molar-refractivity contribution in [3.63, 3.8) is 0 Å². The van der Waals surface area contributed by atoms with E-state index in [2.05, 4.69) is 10.3 Å². The fourth-order valence-corrected chi connectivity index (χ4v) is 1.47. The minimum atomic E-state index is 0.00575. The Morgan fingerprint density at radius 2 is 2.44 bits per heavy atom. The summed E-state index contributed by atoms with van der Waals surface area (Å²) in [4.78, 5) is 15.5. The van der Waals surface area contributed by atoms with Crippen molar-refractivity contribution in [2.24, 2.45) is 11.7 Å². The molecule has 0 spiro atoms. The van der Waals surface area contributed by atoms with E-state index >= 15 is 0 Å². The zero-order chi connectivity index (χ0) is 11.5. The Morgan fingerprint density at radius 1 is 1.69 bits per heavy atom. The zero-order valence-electron chi connectivity index (χ0n) is 9.14. The molecule has 1 aromatic heterocycles. The molecule has 1 saturated carbocycles. The topological polar surface area (TPSA) is 77.2 Å². The monoisotopic (exact) mass is 221 g/mol. The summed E-state index contributed by atoms with van der Waals surface area (Å²) in [5, 5.41) is 2.83. The van der Waals surface area contributed by atoms with E-state index in [1.807, 2.05) is 6.07 Å². The predicted octanol–water partition coefficient (Wildman–Crippen LogP) is 0.0536. The van der Waals surface area contributed by atoms with E-state index in [1.54, 1.807) is 19.4 Å². The second kappa shape index (κ2) is 4.49. The Bertz CT molecular complexity index is 377. The number of ether oxygens (including phenoxy) is 1. The molecule has 1 aromatic rings. The van der Waals surface area contributed by atoms with E-state index in [0.717, 1.165) is 12.0 Å². The van der Waals surface area contributed by atoms with Crippen LogP contribution in [0, 0.1) is 5.92 Å². The summed E-state index contributed by atoms with van der Waals surface area (Å²) in [7, 11) is 1.57. The number of nitrogens with zero attached hydrogens (tertiary/aromatic N) is 1. The van der Waals surface area contributed by atoms with Crippen molar-refractivity contribution in [1.82, 2.24) is 10.3 Å². The first-order chi connectivity index (χ1) is 7.70. The minimum absolute atomic E-state index is 0.00575. The lowest BCUT2D eigenvalue weighted by Gasteiger charge is -2.04. The van der Waals surface area contributed by atoms with Gasteiger partial charge in [-0.1, -0.05) is 6.07 Å². The van der Waals surface area contributed by atoms with Gasteiger partial charge in [-0.15, -0.1) is 0 Å². The van der Waals surface area contributed by atoms with Crippen LogP contribution in [0.2, 0.25) is 0 Å². The molecule has 1 fully saturated rings. The van der Waals surface area contributed by atoms with E-state index in [-0.39, 0.29) is 17.9 Å². The molecule has 0 aromatic carbocycles. The molecule has 16 heavy (non-hydrogen) atoms. The van der Waals surface area contributed by atoms with E-state index in [1.165, 1.54) is 0 Å². The standard InChI is InChI=1S/C11H15N3O2/c1-16-10-3-2-7(5-13-10)6-14-11(15)8-4-9(8)12/h2-3,5,8-9H,4,6,12H2,1H3,(H,14,15). The van der Waals surface area contributed by atoms with Crippen molar-refractivity contribution < 1.29 is 9.53 Å². The average molecular weight is 221 g/mol. The van der Waals surface area contributed by atoms with Crippen molar-refractivity contribution in [2.75, 3.05) is 7.11 Å². The van der Waals surface area contributed by atoms with Crippen molar-refractivity contribution in [3.8, 4) is 5.88 Å².